The molecule has 0 aliphatic heterocycles. The molecule has 0 atom stereocenters. The van der Waals surface area contributed by atoms with E-state index in [1.54, 1.807) is 0 Å². The second kappa shape index (κ2) is 4.03. The van der Waals surface area contributed by atoms with Crippen LogP contribution in [0.25, 0.3) is 0 Å². The number of benzene rings is 1. The van der Waals surface area contributed by atoms with E-state index in [1.165, 1.54) is 0 Å². The van der Waals surface area contributed by atoms with Gasteiger partial charge in [0.05, 0.1) is 18.2 Å². The minimum Gasteiger partial charge on any atom is -0.495 e. The third-order valence-corrected chi connectivity index (χ3v) is 2.05. The van der Waals surface area contributed by atoms with Crippen LogP contribution in [0.2, 0.25) is 0 Å². The van der Waals surface area contributed by atoms with Crippen LogP contribution in [0.15, 0.2) is 12.1 Å². The SMILES string of the molecule is COc1c(C(F)(F)F)ccc(N)c1C(C)=O. The highest BCUT2D eigenvalue weighted by molar-refractivity contribution is 6.02. The van der Waals surface area contributed by atoms with Crippen molar-refractivity contribution in [2.24, 2.45) is 0 Å². The molecule has 0 heterocycles. The number of carbonyl (C=O) groups is 1. The lowest BCUT2D eigenvalue weighted by Crippen LogP contribution is -2.12. The summed E-state index contributed by atoms with van der Waals surface area (Å²) >= 11 is 0. The number of halogens is 3. The summed E-state index contributed by atoms with van der Waals surface area (Å²) in [4.78, 5) is 11.2. The van der Waals surface area contributed by atoms with Gasteiger partial charge in [0.2, 0.25) is 0 Å². The summed E-state index contributed by atoms with van der Waals surface area (Å²) in [7, 11) is 1.07. The van der Waals surface area contributed by atoms with Crippen LogP contribution < -0.4 is 10.5 Å². The van der Waals surface area contributed by atoms with Gasteiger partial charge in [-0.2, -0.15) is 13.2 Å². The zero-order chi connectivity index (χ0) is 12.5. The normalized spacial score (nSPS) is 11.3. The molecule has 0 aromatic heterocycles. The lowest BCUT2D eigenvalue weighted by Gasteiger charge is -2.15. The van der Waals surface area contributed by atoms with Gasteiger partial charge >= 0.3 is 6.18 Å². The molecule has 0 saturated heterocycles. The van der Waals surface area contributed by atoms with Gasteiger partial charge in [-0.3, -0.25) is 4.79 Å². The molecule has 1 aromatic rings. The van der Waals surface area contributed by atoms with E-state index in [9.17, 15) is 18.0 Å². The fraction of sp³-hybridized carbons (Fsp3) is 0.300. The Morgan fingerprint density at radius 1 is 1.38 bits per heavy atom. The van der Waals surface area contributed by atoms with E-state index in [2.05, 4.69) is 4.74 Å². The van der Waals surface area contributed by atoms with Gasteiger partial charge in [-0.1, -0.05) is 0 Å². The number of nitrogen functional groups attached to an aromatic ring is 1. The number of hydrogen-bond acceptors (Lipinski definition) is 3. The van der Waals surface area contributed by atoms with Crippen LogP contribution in [0, 0.1) is 0 Å². The van der Waals surface area contributed by atoms with Crippen molar-refractivity contribution in [2.75, 3.05) is 12.8 Å². The number of anilines is 1. The number of methoxy groups -OCH3 is 1. The Kier molecular flexibility index (Phi) is 3.11. The molecule has 6 heteroatoms. The molecule has 16 heavy (non-hydrogen) atoms. The molecule has 0 saturated carbocycles. The molecule has 0 bridgehead atoms. The average Bonchev–Trinajstić information content (AvgIpc) is 2.14. The number of rotatable bonds is 2. The van der Waals surface area contributed by atoms with Crippen molar-refractivity contribution >= 4 is 11.5 Å². The van der Waals surface area contributed by atoms with Crippen LogP contribution in [0.5, 0.6) is 5.75 Å². The molecule has 0 aliphatic rings. The largest absolute Gasteiger partial charge is 0.495 e. The van der Waals surface area contributed by atoms with E-state index in [0.29, 0.717) is 0 Å². The minimum absolute atomic E-state index is 0.0302. The zero-order valence-electron chi connectivity index (χ0n) is 8.68. The number of alkyl halides is 3. The molecule has 0 spiro atoms. The van der Waals surface area contributed by atoms with E-state index in [0.717, 1.165) is 26.2 Å². The smallest absolute Gasteiger partial charge is 0.419 e. The first-order valence-electron chi connectivity index (χ1n) is 4.33. The van der Waals surface area contributed by atoms with Crippen molar-refractivity contribution in [1.82, 2.24) is 0 Å². The maximum Gasteiger partial charge on any atom is 0.419 e. The fourth-order valence-corrected chi connectivity index (χ4v) is 1.40. The topological polar surface area (TPSA) is 52.3 Å². The summed E-state index contributed by atoms with van der Waals surface area (Å²) in [6.07, 6.45) is -4.58. The van der Waals surface area contributed by atoms with Crippen molar-refractivity contribution < 1.29 is 22.7 Å². The van der Waals surface area contributed by atoms with Crippen LogP contribution >= 0.6 is 0 Å². The van der Waals surface area contributed by atoms with Crippen LogP contribution in [0.3, 0.4) is 0 Å². The standard InChI is InChI=1S/C10H10F3NO2/c1-5(15)8-7(14)4-3-6(9(8)16-2)10(11,12)13/h3-4H,14H2,1-2H3. The second-order valence-electron chi connectivity index (χ2n) is 3.16. The highest BCUT2D eigenvalue weighted by Crippen LogP contribution is 2.40. The monoisotopic (exact) mass is 233 g/mol. The zero-order valence-corrected chi connectivity index (χ0v) is 8.68. The highest BCUT2D eigenvalue weighted by atomic mass is 19.4. The summed E-state index contributed by atoms with van der Waals surface area (Å²) in [6.45, 7) is 1.13. The van der Waals surface area contributed by atoms with Crippen molar-refractivity contribution in [3.05, 3.63) is 23.3 Å². The first-order chi connectivity index (χ1) is 7.29. The Hall–Kier alpha value is -1.72. The van der Waals surface area contributed by atoms with Gasteiger partial charge in [-0.05, 0) is 19.1 Å². The van der Waals surface area contributed by atoms with Crippen molar-refractivity contribution in [2.45, 2.75) is 13.1 Å². The number of ether oxygens (including phenoxy) is 1. The molecule has 0 amide bonds. The molecule has 88 valence electrons. The van der Waals surface area contributed by atoms with Crippen LogP contribution in [0.4, 0.5) is 18.9 Å². The molecule has 0 unspecified atom stereocenters. The first kappa shape index (κ1) is 12.4. The molecule has 0 radical (unpaired) electrons. The Morgan fingerprint density at radius 3 is 2.31 bits per heavy atom. The quantitative estimate of drug-likeness (QED) is 0.630. The Morgan fingerprint density at radius 2 is 1.94 bits per heavy atom. The van der Waals surface area contributed by atoms with Crippen LogP contribution in [-0.2, 0) is 6.18 Å². The maximum atomic E-state index is 12.6. The van der Waals surface area contributed by atoms with Gasteiger partial charge in [0.25, 0.3) is 0 Å². The Labute approximate surface area is 90.0 Å². The number of Topliss-reactive ketones (excluding diaryl/α,β-unsaturated/α-hetero) is 1. The lowest BCUT2D eigenvalue weighted by atomic mass is 10.0. The molecule has 1 aromatic carbocycles. The molecule has 0 aliphatic carbocycles. The molecular formula is C10H10F3NO2. The number of carbonyl (C=O) groups excluding carboxylic acids is 1. The van der Waals surface area contributed by atoms with E-state index in [1.807, 2.05) is 0 Å². The third kappa shape index (κ3) is 2.10. The minimum atomic E-state index is -4.58. The second-order valence-corrected chi connectivity index (χ2v) is 3.16. The fourth-order valence-electron chi connectivity index (χ4n) is 1.40. The van der Waals surface area contributed by atoms with E-state index in [4.69, 9.17) is 5.73 Å². The van der Waals surface area contributed by atoms with Gasteiger partial charge in [0.15, 0.2) is 5.78 Å². The average molecular weight is 233 g/mol. The molecule has 3 nitrogen and oxygen atoms in total. The summed E-state index contributed by atoms with van der Waals surface area (Å²) in [5.41, 5.74) is 4.17. The van der Waals surface area contributed by atoms with Gasteiger partial charge in [-0.25, -0.2) is 0 Å². The van der Waals surface area contributed by atoms with E-state index < -0.39 is 23.3 Å². The highest BCUT2D eigenvalue weighted by Gasteiger charge is 2.36. The van der Waals surface area contributed by atoms with Gasteiger partial charge in [0.1, 0.15) is 5.75 Å². The third-order valence-electron chi connectivity index (χ3n) is 2.05. The van der Waals surface area contributed by atoms with Gasteiger partial charge < -0.3 is 10.5 Å². The maximum absolute atomic E-state index is 12.6. The number of hydrogen-bond donors (Lipinski definition) is 1. The van der Waals surface area contributed by atoms with E-state index in [-0.39, 0.29) is 11.3 Å². The predicted molar refractivity (Wildman–Crippen MR) is 52.4 cm³/mol. The summed E-state index contributed by atoms with van der Waals surface area (Å²) in [6, 6.07) is 1.84. The first-order valence-corrected chi connectivity index (χ1v) is 4.33. The molecule has 1 rings (SSSR count). The number of nitrogens with two attached hydrogens (primary N) is 1. The van der Waals surface area contributed by atoms with Crippen LogP contribution in [0.1, 0.15) is 22.8 Å². The number of ketones is 1. The van der Waals surface area contributed by atoms with Crippen molar-refractivity contribution in [3.63, 3.8) is 0 Å². The van der Waals surface area contributed by atoms with Crippen LogP contribution in [-0.4, -0.2) is 12.9 Å². The summed E-state index contributed by atoms with van der Waals surface area (Å²) in [5.74, 6) is -1.10. The molecule has 0 fully saturated rings. The van der Waals surface area contributed by atoms with Crippen molar-refractivity contribution in [1.29, 1.82) is 0 Å². The predicted octanol–water partition coefficient (Wildman–Crippen LogP) is 2.50. The Bertz CT molecular complexity index is 427. The Balaban J connectivity index is 3.56. The van der Waals surface area contributed by atoms with Crippen molar-refractivity contribution in [3.8, 4) is 5.75 Å². The van der Waals surface area contributed by atoms with Gasteiger partial charge in [0, 0.05) is 5.69 Å². The lowest BCUT2D eigenvalue weighted by molar-refractivity contribution is -0.138. The summed E-state index contributed by atoms with van der Waals surface area (Å²) in [5, 5.41) is 0. The molecular weight excluding hydrogens is 223 g/mol. The van der Waals surface area contributed by atoms with Gasteiger partial charge in [-0.15, -0.1) is 0 Å². The summed E-state index contributed by atoms with van der Waals surface area (Å²) < 4.78 is 42.4. The van der Waals surface area contributed by atoms with E-state index >= 15 is 0 Å². The molecule has 2 N–H and O–H groups in total.